The summed E-state index contributed by atoms with van der Waals surface area (Å²) in [6.07, 6.45) is 1.51. The van der Waals surface area contributed by atoms with E-state index in [1.165, 1.54) is 18.4 Å². The van der Waals surface area contributed by atoms with Gasteiger partial charge in [0.05, 0.1) is 16.1 Å². The number of sulfonamides is 1. The zero-order chi connectivity index (χ0) is 22.7. The maximum atomic E-state index is 13.0. The lowest BCUT2D eigenvalue weighted by molar-refractivity contribution is 0.102. The zero-order valence-corrected chi connectivity index (χ0v) is 18.3. The van der Waals surface area contributed by atoms with Crippen molar-refractivity contribution in [3.8, 4) is 11.3 Å². The van der Waals surface area contributed by atoms with Gasteiger partial charge >= 0.3 is 0 Å². The molecule has 8 heteroatoms. The summed E-state index contributed by atoms with van der Waals surface area (Å²) < 4.78 is 33.6. The van der Waals surface area contributed by atoms with Crippen LogP contribution >= 0.6 is 0 Å². The van der Waals surface area contributed by atoms with E-state index in [4.69, 9.17) is 4.42 Å². The van der Waals surface area contributed by atoms with Crippen molar-refractivity contribution in [1.82, 2.24) is 4.98 Å². The Bertz CT molecular complexity index is 1380. The van der Waals surface area contributed by atoms with Crippen LogP contribution in [0.1, 0.15) is 21.8 Å². The zero-order valence-electron chi connectivity index (χ0n) is 17.5. The van der Waals surface area contributed by atoms with Crippen molar-refractivity contribution in [1.29, 1.82) is 0 Å². The highest BCUT2D eigenvalue weighted by Gasteiger charge is 2.19. The van der Waals surface area contributed by atoms with E-state index in [9.17, 15) is 13.2 Å². The number of nitrogens with zero attached hydrogens (tertiary/aromatic N) is 1. The Morgan fingerprint density at radius 3 is 2.38 bits per heavy atom. The van der Waals surface area contributed by atoms with Gasteiger partial charge in [-0.3, -0.25) is 9.52 Å². The number of para-hydroxylation sites is 1. The van der Waals surface area contributed by atoms with Gasteiger partial charge in [0.1, 0.15) is 12.0 Å². The summed E-state index contributed by atoms with van der Waals surface area (Å²) in [4.78, 5) is 17.1. The molecule has 1 aromatic heterocycles. The molecule has 2 N–H and O–H groups in total. The highest BCUT2D eigenvalue weighted by atomic mass is 32.2. The van der Waals surface area contributed by atoms with Crippen LogP contribution in [0.25, 0.3) is 11.3 Å². The number of nitrogens with one attached hydrogen (secondary N) is 2. The van der Waals surface area contributed by atoms with E-state index in [1.807, 2.05) is 25.1 Å². The number of rotatable bonds is 6. The Morgan fingerprint density at radius 2 is 1.69 bits per heavy atom. The standard InChI is InChI=1S/C24H21N3O4S/c1-16-6-5-7-19(14-16)26-24(28)21-8-3-4-9-22(21)27-32(29,30)20-12-10-18(11-13-20)23-15-31-17(2)25-23/h3-15,27H,1-2H3,(H,26,28). The molecule has 0 atom stereocenters. The molecule has 32 heavy (non-hydrogen) atoms. The molecular weight excluding hydrogens is 426 g/mol. The highest BCUT2D eigenvalue weighted by molar-refractivity contribution is 7.92. The average Bonchev–Trinajstić information content (AvgIpc) is 3.20. The quantitative estimate of drug-likeness (QED) is 0.433. The molecule has 0 spiro atoms. The van der Waals surface area contributed by atoms with E-state index in [1.54, 1.807) is 49.4 Å². The van der Waals surface area contributed by atoms with Crippen LogP contribution in [0.2, 0.25) is 0 Å². The van der Waals surface area contributed by atoms with Crippen LogP contribution in [0.4, 0.5) is 11.4 Å². The van der Waals surface area contributed by atoms with Gasteiger partial charge in [-0.1, -0.05) is 36.4 Å². The van der Waals surface area contributed by atoms with Crippen LogP contribution in [-0.4, -0.2) is 19.3 Å². The molecule has 1 heterocycles. The summed E-state index contributed by atoms with van der Waals surface area (Å²) in [5.41, 5.74) is 3.39. The second kappa shape index (κ2) is 8.68. The second-order valence-corrected chi connectivity index (χ2v) is 8.93. The normalized spacial score (nSPS) is 11.2. The van der Waals surface area contributed by atoms with E-state index in [0.29, 0.717) is 17.3 Å². The van der Waals surface area contributed by atoms with Crippen LogP contribution < -0.4 is 10.0 Å². The number of anilines is 2. The summed E-state index contributed by atoms with van der Waals surface area (Å²) in [6, 6.07) is 20.1. The Kier molecular flexibility index (Phi) is 5.79. The average molecular weight is 448 g/mol. The molecule has 0 aliphatic carbocycles. The third-order valence-corrected chi connectivity index (χ3v) is 6.15. The summed E-state index contributed by atoms with van der Waals surface area (Å²) in [5.74, 6) is 0.115. The van der Waals surface area contributed by atoms with Crippen LogP contribution in [0.15, 0.2) is 88.4 Å². The number of hydrogen-bond donors (Lipinski definition) is 2. The smallest absolute Gasteiger partial charge is 0.261 e. The van der Waals surface area contributed by atoms with Gasteiger partial charge in [-0.2, -0.15) is 0 Å². The molecule has 4 rings (SSSR count). The van der Waals surface area contributed by atoms with Gasteiger partial charge in [-0.25, -0.2) is 13.4 Å². The van der Waals surface area contributed by atoms with Gasteiger partial charge in [-0.15, -0.1) is 0 Å². The molecule has 0 radical (unpaired) electrons. The molecule has 162 valence electrons. The van der Waals surface area contributed by atoms with Crippen molar-refractivity contribution in [3.05, 3.63) is 96.1 Å². The number of carbonyl (C=O) groups is 1. The molecule has 1 amide bonds. The second-order valence-electron chi connectivity index (χ2n) is 7.25. The lowest BCUT2D eigenvalue weighted by Gasteiger charge is -2.13. The number of aromatic nitrogens is 1. The molecule has 0 aliphatic rings. The van der Waals surface area contributed by atoms with Gasteiger partial charge in [0, 0.05) is 18.2 Å². The summed E-state index contributed by atoms with van der Waals surface area (Å²) in [7, 11) is -3.92. The van der Waals surface area contributed by atoms with E-state index in [0.717, 1.165) is 11.1 Å². The molecule has 0 aliphatic heterocycles. The Morgan fingerprint density at radius 1 is 0.938 bits per heavy atom. The van der Waals surface area contributed by atoms with E-state index >= 15 is 0 Å². The molecule has 4 aromatic rings. The topological polar surface area (TPSA) is 101 Å². The lowest BCUT2D eigenvalue weighted by Crippen LogP contribution is -2.18. The minimum atomic E-state index is -3.92. The Labute approximate surface area is 186 Å². The number of carbonyl (C=O) groups excluding carboxylic acids is 1. The fraction of sp³-hybridized carbons (Fsp3) is 0.0833. The maximum absolute atomic E-state index is 13.0. The predicted octanol–water partition coefficient (Wildman–Crippen LogP) is 5.01. The van der Waals surface area contributed by atoms with E-state index in [-0.39, 0.29) is 16.1 Å². The molecule has 0 bridgehead atoms. The van der Waals surface area contributed by atoms with Crippen LogP contribution in [-0.2, 0) is 10.0 Å². The SMILES string of the molecule is Cc1cccc(NC(=O)c2ccccc2NS(=O)(=O)c2ccc(-c3coc(C)n3)cc2)c1. The monoisotopic (exact) mass is 447 g/mol. The molecule has 0 saturated heterocycles. The van der Waals surface area contributed by atoms with Crippen molar-refractivity contribution in [3.63, 3.8) is 0 Å². The number of benzene rings is 3. The van der Waals surface area contributed by atoms with Gasteiger partial charge in [0.15, 0.2) is 5.89 Å². The van der Waals surface area contributed by atoms with E-state index < -0.39 is 15.9 Å². The first-order valence-electron chi connectivity index (χ1n) is 9.84. The van der Waals surface area contributed by atoms with Gasteiger partial charge in [-0.05, 0) is 48.9 Å². The lowest BCUT2D eigenvalue weighted by atomic mass is 10.1. The van der Waals surface area contributed by atoms with Crippen molar-refractivity contribution < 1.29 is 17.6 Å². The first-order valence-corrected chi connectivity index (χ1v) is 11.3. The molecule has 0 saturated carbocycles. The molecule has 0 fully saturated rings. The van der Waals surface area contributed by atoms with Crippen molar-refractivity contribution in [2.45, 2.75) is 18.7 Å². The maximum Gasteiger partial charge on any atom is 0.261 e. The highest BCUT2D eigenvalue weighted by Crippen LogP contribution is 2.24. The van der Waals surface area contributed by atoms with Crippen molar-refractivity contribution in [2.24, 2.45) is 0 Å². The largest absolute Gasteiger partial charge is 0.449 e. The van der Waals surface area contributed by atoms with Crippen LogP contribution in [0, 0.1) is 13.8 Å². The summed E-state index contributed by atoms with van der Waals surface area (Å²) >= 11 is 0. The molecular formula is C24H21N3O4S. The first-order chi connectivity index (χ1) is 15.3. The number of amides is 1. The molecule has 0 unspecified atom stereocenters. The number of aryl methyl sites for hydroxylation is 2. The molecule has 7 nitrogen and oxygen atoms in total. The van der Waals surface area contributed by atoms with E-state index in [2.05, 4.69) is 15.0 Å². The summed E-state index contributed by atoms with van der Waals surface area (Å²) in [6.45, 7) is 3.66. The summed E-state index contributed by atoms with van der Waals surface area (Å²) in [5, 5.41) is 2.80. The number of oxazole rings is 1. The molecule has 3 aromatic carbocycles. The van der Waals surface area contributed by atoms with Gasteiger partial charge in [0.2, 0.25) is 0 Å². The third-order valence-electron chi connectivity index (χ3n) is 4.77. The Hall–Kier alpha value is -3.91. The minimum Gasteiger partial charge on any atom is -0.449 e. The Balaban J connectivity index is 1.56. The fourth-order valence-electron chi connectivity index (χ4n) is 3.20. The van der Waals surface area contributed by atoms with Crippen LogP contribution in [0.3, 0.4) is 0 Å². The number of hydrogen-bond acceptors (Lipinski definition) is 5. The van der Waals surface area contributed by atoms with Crippen molar-refractivity contribution in [2.75, 3.05) is 10.0 Å². The van der Waals surface area contributed by atoms with Gasteiger partial charge < -0.3 is 9.73 Å². The minimum absolute atomic E-state index is 0.0652. The fourth-order valence-corrected chi connectivity index (χ4v) is 4.28. The van der Waals surface area contributed by atoms with Crippen LogP contribution in [0.5, 0.6) is 0 Å². The van der Waals surface area contributed by atoms with Gasteiger partial charge in [0.25, 0.3) is 15.9 Å². The first kappa shape index (κ1) is 21.3. The third kappa shape index (κ3) is 4.70. The predicted molar refractivity (Wildman–Crippen MR) is 123 cm³/mol. The van der Waals surface area contributed by atoms with Crippen molar-refractivity contribution >= 4 is 27.3 Å².